The number of hydrogen-bond acceptors (Lipinski definition) is 4. The van der Waals surface area contributed by atoms with E-state index < -0.39 is 16.2 Å². The summed E-state index contributed by atoms with van der Waals surface area (Å²) in [4.78, 5) is 22.7. The van der Waals surface area contributed by atoms with E-state index in [2.05, 4.69) is 5.32 Å². The van der Waals surface area contributed by atoms with Crippen molar-refractivity contribution < 1.29 is 9.72 Å². The molecule has 0 aromatic heterocycles. The van der Waals surface area contributed by atoms with Gasteiger partial charge in [0.1, 0.15) is 11.1 Å². The first kappa shape index (κ1) is 14.0. The topological polar surface area (TPSA) is 96.0 Å². The van der Waals surface area contributed by atoms with Gasteiger partial charge in [0.25, 0.3) is 5.69 Å². The number of nitriles is 1. The monoisotopic (exact) mass is 273 g/mol. The Morgan fingerprint density at radius 3 is 2.45 bits per heavy atom. The van der Waals surface area contributed by atoms with Crippen molar-refractivity contribution in [3.63, 3.8) is 0 Å². The lowest BCUT2D eigenvalue weighted by atomic mass is 9.69. The molecule has 0 atom stereocenters. The molecule has 1 fully saturated rings. The average Bonchev–Trinajstić information content (AvgIpc) is 2.32. The fourth-order valence-corrected chi connectivity index (χ4v) is 2.21. The normalized spacial score (nSPS) is 15.8. The predicted octanol–water partition coefficient (Wildman–Crippen LogP) is 2.84. The fraction of sp³-hybridized carbons (Fsp3) is 0.429. The van der Waals surface area contributed by atoms with Gasteiger partial charge in [0.15, 0.2) is 0 Å². The van der Waals surface area contributed by atoms with Crippen LogP contribution < -0.4 is 5.32 Å². The second-order valence-corrected chi connectivity index (χ2v) is 5.21. The number of anilines is 1. The number of hydrogen-bond donors (Lipinski definition) is 1. The molecule has 2 rings (SSSR count). The van der Waals surface area contributed by atoms with E-state index in [-0.39, 0.29) is 11.4 Å². The standard InChI is InChI=1S/C14H15N3O3/c1-9-6-11(12(17(19)20)7-10(9)2)16-13(18)14(8-15)4-3-5-14/h6-7H,3-5H2,1-2H3,(H,16,18). The lowest BCUT2D eigenvalue weighted by Gasteiger charge is -2.33. The van der Waals surface area contributed by atoms with Gasteiger partial charge in [0.2, 0.25) is 5.91 Å². The number of nitro groups is 1. The van der Waals surface area contributed by atoms with E-state index in [1.165, 1.54) is 6.07 Å². The van der Waals surface area contributed by atoms with Crippen LogP contribution in [0.1, 0.15) is 30.4 Å². The molecule has 20 heavy (non-hydrogen) atoms. The van der Waals surface area contributed by atoms with Crippen LogP contribution in [0.4, 0.5) is 11.4 Å². The van der Waals surface area contributed by atoms with E-state index in [1.54, 1.807) is 13.0 Å². The minimum atomic E-state index is -1.02. The van der Waals surface area contributed by atoms with Crippen LogP contribution in [0.15, 0.2) is 12.1 Å². The van der Waals surface area contributed by atoms with E-state index in [0.29, 0.717) is 12.8 Å². The van der Waals surface area contributed by atoms with Gasteiger partial charge < -0.3 is 5.32 Å². The van der Waals surface area contributed by atoms with E-state index in [0.717, 1.165) is 17.5 Å². The van der Waals surface area contributed by atoms with Crippen molar-refractivity contribution in [3.05, 3.63) is 33.4 Å². The van der Waals surface area contributed by atoms with Gasteiger partial charge in [-0.15, -0.1) is 0 Å². The maximum absolute atomic E-state index is 12.2. The van der Waals surface area contributed by atoms with E-state index in [1.807, 2.05) is 13.0 Å². The molecule has 0 spiro atoms. The summed E-state index contributed by atoms with van der Waals surface area (Å²) in [5.41, 5.74) is 0.629. The molecule has 104 valence electrons. The maximum Gasteiger partial charge on any atom is 0.293 e. The van der Waals surface area contributed by atoms with Gasteiger partial charge >= 0.3 is 0 Å². The van der Waals surface area contributed by atoms with Crippen molar-refractivity contribution in [3.8, 4) is 6.07 Å². The molecule has 6 nitrogen and oxygen atoms in total. The summed E-state index contributed by atoms with van der Waals surface area (Å²) in [6.45, 7) is 3.59. The quantitative estimate of drug-likeness (QED) is 0.676. The highest BCUT2D eigenvalue weighted by Crippen LogP contribution is 2.41. The average molecular weight is 273 g/mol. The summed E-state index contributed by atoms with van der Waals surface area (Å²) < 4.78 is 0. The molecule has 0 unspecified atom stereocenters. The number of nitrogens with one attached hydrogen (secondary N) is 1. The van der Waals surface area contributed by atoms with Crippen LogP contribution in [0, 0.1) is 40.7 Å². The number of carbonyl (C=O) groups is 1. The number of benzene rings is 1. The van der Waals surface area contributed by atoms with Crippen LogP contribution in [0.25, 0.3) is 0 Å². The van der Waals surface area contributed by atoms with Crippen LogP contribution in [-0.2, 0) is 4.79 Å². The second kappa shape index (κ2) is 4.93. The van der Waals surface area contributed by atoms with Gasteiger partial charge in [-0.2, -0.15) is 5.26 Å². The third kappa shape index (κ3) is 2.23. The molecule has 1 amide bonds. The van der Waals surface area contributed by atoms with Crippen molar-refractivity contribution in [1.29, 1.82) is 5.26 Å². The highest BCUT2D eigenvalue weighted by molar-refractivity contribution is 5.99. The van der Waals surface area contributed by atoms with Crippen LogP contribution in [-0.4, -0.2) is 10.8 Å². The number of nitrogens with zero attached hydrogens (tertiary/aromatic N) is 2. The summed E-state index contributed by atoms with van der Waals surface area (Å²) in [5, 5.41) is 22.7. The SMILES string of the molecule is Cc1cc(NC(=O)C2(C#N)CCC2)c([N+](=O)[O-])cc1C. The van der Waals surface area contributed by atoms with Gasteiger partial charge in [0, 0.05) is 6.07 Å². The zero-order valence-corrected chi connectivity index (χ0v) is 11.4. The van der Waals surface area contributed by atoms with Gasteiger partial charge in [0.05, 0.1) is 11.0 Å². The van der Waals surface area contributed by atoms with Crippen LogP contribution in [0.5, 0.6) is 0 Å². The Morgan fingerprint density at radius 2 is 2.00 bits per heavy atom. The van der Waals surface area contributed by atoms with E-state index in [9.17, 15) is 14.9 Å². The largest absolute Gasteiger partial charge is 0.319 e. The highest BCUT2D eigenvalue weighted by Gasteiger charge is 2.45. The first-order valence-electron chi connectivity index (χ1n) is 6.38. The molecule has 0 radical (unpaired) electrons. The molecule has 1 N–H and O–H groups in total. The third-order valence-corrected chi connectivity index (χ3v) is 3.91. The molecule has 1 aromatic rings. The zero-order chi connectivity index (χ0) is 14.9. The Morgan fingerprint density at radius 1 is 1.40 bits per heavy atom. The van der Waals surface area contributed by atoms with Crippen LogP contribution >= 0.6 is 0 Å². The van der Waals surface area contributed by atoms with Crippen molar-refractivity contribution >= 4 is 17.3 Å². The van der Waals surface area contributed by atoms with Crippen molar-refractivity contribution in [2.24, 2.45) is 5.41 Å². The summed E-state index contributed by atoms with van der Waals surface area (Å²) in [6, 6.07) is 5.04. The van der Waals surface area contributed by atoms with E-state index >= 15 is 0 Å². The molecular weight excluding hydrogens is 258 g/mol. The lowest BCUT2D eigenvalue weighted by Crippen LogP contribution is -2.40. The second-order valence-electron chi connectivity index (χ2n) is 5.21. The Kier molecular flexibility index (Phi) is 3.45. The molecule has 1 saturated carbocycles. The summed E-state index contributed by atoms with van der Waals surface area (Å²) in [5.74, 6) is -0.447. The number of rotatable bonds is 3. The fourth-order valence-electron chi connectivity index (χ4n) is 2.21. The first-order valence-corrected chi connectivity index (χ1v) is 6.38. The molecule has 0 saturated heterocycles. The van der Waals surface area contributed by atoms with Gasteiger partial charge in [-0.1, -0.05) is 0 Å². The highest BCUT2D eigenvalue weighted by atomic mass is 16.6. The molecule has 0 heterocycles. The lowest BCUT2D eigenvalue weighted by molar-refractivity contribution is -0.384. The summed E-state index contributed by atoms with van der Waals surface area (Å²) >= 11 is 0. The Balaban J connectivity index is 2.34. The van der Waals surface area contributed by atoms with E-state index in [4.69, 9.17) is 5.26 Å². The van der Waals surface area contributed by atoms with Crippen molar-refractivity contribution in [2.75, 3.05) is 5.32 Å². The number of nitro benzene ring substituents is 1. The predicted molar refractivity (Wildman–Crippen MR) is 73.1 cm³/mol. The molecule has 1 aliphatic rings. The Hall–Kier alpha value is -2.42. The van der Waals surface area contributed by atoms with Crippen molar-refractivity contribution in [1.82, 2.24) is 0 Å². The number of carbonyl (C=O) groups excluding carboxylic acids is 1. The molecular formula is C14H15N3O3. The number of aryl methyl sites for hydroxylation is 2. The summed E-state index contributed by atoms with van der Waals surface area (Å²) in [6.07, 6.45) is 1.85. The van der Waals surface area contributed by atoms with Gasteiger partial charge in [-0.25, -0.2) is 0 Å². The smallest absolute Gasteiger partial charge is 0.293 e. The van der Waals surface area contributed by atoms with Crippen LogP contribution in [0.3, 0.4) is 0 Å². The molecule has 6 heteroatoms. The molecule has 0 aliphatic heterocycles. The van der Waals surface area contributed by atoms with Crippen LogP contribution in [0.2, 0.25) is 0 Å². The minimum Gasteiger partial charge on any atom is -0.319 e. The zero-order valence-electron chi connectivity index (χ0n) is 11.4. The van der Waals surface area contributed by atoms with Gasteiger partial charge in [-0.05, 0) is 50.3 Å². The Labute approximate surface area is 116 Å². The molecule has 1 aliphatic carbocycles. The molecule has 0 bridgehead atoms. The Bertz CT molecular complexity index is 627. The summed E-state index contributed by atoms with van der Waals surface area (Å²) in [7, 11) is 0. The molecule has 1 aromatic carbocycles. The van der Waals surface area contributed by atoms with Gasteiger partial charge in [-0.3, -0.25) is 14.9 Å². The first-order chi connectivity index (χ1) is 9.39. The third-order valence-electron chi connectivity index (χ3n) is 3.91. The minimum absolute atomic E-state index is 0.145. The van der Waals surface area contributed by atoms with Crippen molar-refractivity contribution in [2.45, 2.75) is 33.1 Å². The number of amides is 1. The maximum atomic E-state index is 12.2.